The number of carbonyl (C=O) groups excluding carboxylic acids is 2. The van der Waals surface area contributed by atoms with Crippen LogP contribution in [0.25, 0.3) is 0 Å². The predicted octanol–water partition coefficient (Wildman–Crippen LogP) is 2.58. The van der Waals surface area contributed by atoms with Crippen LogP contribution in [0.3, 0.4) is 0 Å². The summed E-state index contributed by atoms with van der Waals surface area (Å²) in [5.41, 5.74) is 12.6. The zero-order valence-electron chi connectivity index (χ0n) is 14.0. The summed E-state index contributed by atoms with van der Waals surface area (Å²) in [7, 11) is 0. The minimum atomic E-state index is -0.532. The van der Waals surface area contributed by atoms with E-state index in [2.05, 4.69) is 20.6 Å². The molecule has 138 valence electrons. The Bertz CT molecular complexity index is 962. The van der Waals surface area contributed by atoms with Gasteiger partial charge in [0.2, 0.25) is 11.9 Å². The first-order valence-electron chi connectivity index (χ1n) is 7.69. The van der Waals surface area contributed by atoms with Crippen molar-refractivity contribution in [1.82, 2.24) is 9.97 Å². The molecule has 1 heterocycles. The number of nitrogens with zero attached hydrogens (tertiary/aromatic N) is 2. The molecule has 27 heavy (non-hydrogen) atoms. The molecule has 0 bridgehead atoms. The highest BCUT2D eigenvalue weighted by atomic mass is 35.5. The standard InChI is InChI=1S/C18H16N6O2.ClH/c19-16(25)11-5-7-12(8-6-11)22-18-21-10-9-15(24-18)23-14-4-2-1-3-13(14)17(20)26;/h1-10H,(H2,19,25)(H2,20,26)(H2,21,22,23,24);1H. The Balaban J connectivity index is 0.00000261. The van der Waals surface area contributed by atoms with Gasteiger partial charge >= 0.3 is 0 Å². The van der Waals surface area contributed by atoms with Crippen LogP contribution in [-0.4, -0.2) is 21.8 Å². The van der Waals surface area contributed by atoms with Crippen LogP contribution in [0.15, 0.2) is 60.8 Å². The lowest BCUT2D eigenvalue weighted by Crippen LogP contribution is -2.13. The van der Waals surface area contributed by atoms with Crippen LogP contribution in [0, 0.1) is 0 Å². The summed E-state index contributed by atoms with van der Waals surface area (Å²) in [6.07, 6.45) is 1.57. The van der Waals surface area contributed by atoms with Gasteiger partial charge in [-0.3, -0.25) is 9.59 Å². The van der Waals surface area contributed by atoms with Crippen LogP contribution >= 0.6 is 12.4 Å². The first kappa shape index (κ1) is 19.7. The summed E-state index contributed by atoms with van der Waals surface area (Å²) in [6.45, 7) is 0. The molecule has 0 fully saturated rings. The second-order valence-electron chi connectivity index (χ2n) is 5.37. The molecule has 8 nitrogen and oxygen atoms in total. The van der Waals surface area contributed by atoms with Gasteiger partial charge in [0.1, 0.15) is 5.82 Å². The van der Waals surface area contributed by atoms with Crippen LogP contribution in [0.5, 0.6) is 0 Å². The van der Waals surface area contributed by atoms with Crippen molar-refractivity contribution in [3.05, 3.63) is 71.9 Å². The molecule has 0 saturated carbocycles. The Labute approximate surface area is 161 Å². The third-order valence-electron chi connectivity index (χ3n) is 3.54. The molecule has 0 unspecified atom stereocenters. The highest BCUT2D eigenvalue weighted by Crippen LogP contribution is 2.20. The van der Waals surface area contributed by atoms with Crippen molar-refractivity contribution >= 4 is 47.4 Å². The highest BCUT2D eigenvalue weighted by Gasteiger charge is 2.08. The average molecular weight is 385 g/mol. The number of halogens is 1. The monoisotopic (exact) mass is 384 g/mol. The molecule has 0 aliphatic rings. The second kappa shape index (κ2) is 8.63. The number of carbonyl (C=O) groups is 2. The third-order valence-corrected chi connectivity index (χ3v) is 3.54. The number of benzene rings is 2. The number of para-hydroxylation sites is 1. The van der Waals surface area contributed by atoms with Gasteiger partial charge in [-0.05, 0) is 42.5 Å². The minimum absolute atomic E-state index is 0. The summed E-state index contributed by atoms with van der Waals surface area (Å²) < 4.78 is 0. The second-order valence-corrected chi connectivity index (χ2v) is 5.37. The van der Waals surface area contributed by atoms with Gasteiger partial charge in [-0.15, -0.1) is 12.4 Å². The summed E-state index contributed by atoms with van der Waals surface area (Å²) in [6, 6.07) is 15.2. The van der Waals surface area contributed by atoms with E-state index >= 15 is 0 Å². The quantitative estimate of drug-likeness (QED) is 0.515. The van der Waals surface area contributed by atoms with Crippen molar-refractivity contribution in [2.75, 3.05) is 10.6 Å². The fourth-order valence-electron chi connectivity index (χ4n) is 2.28. The molecular weight excluding hydrogens is 368 g/mol. The molecule has 0 aliphatic heterocycles. The van der Waals surface area contributed by atoms with E-state index in [1.54, 1.807) is 60.8 Å². The topological polar surface area (TPSA) is 136 Å². The van der Waals surface area contributed by atoms with Gasteiger partial charge in [-0.25, -0.2) is 4.98 Å². The highest BCUT2D eigenvalue weighted by molar-refractivity contribution is 5.99. The Morgan fingerprint density at radius 2 is 1.56 bits per heavy atom. The van der Waals surface area contributed by atoms with Gasteiger partial charge in [0.15, 0.2) is 0 Å². The molecule has 2 aromatic carbocycles. The summed E-state index contributed by atoms with van der Waals surface area (Å²) in [5.74, 6) is -0.189. The molecule has 2 amide bonds. The molecule has 3 aromatic rings. The van der Waals surface area contributed by atoms with Crippen LogP contribution < -0.4 is 22.1 Å². The van der Waals surface area contributed by atoms with Crippen molar-refractivity contribution in [3.8, 4) is 0 Å². The van der Waals surface area contributed by atoms with Crippen molar-refractivity contribution in [3.63, 3.8) is 0 Å². The maximum absolute atomic E-state index is 11.5. The van der Waals surface area contributed by atoms with E-state index in [0.717, 1.165) is 0 Å². The van der Waals surface area contributed by atoms with Crippen molar-refractivity contribution < 1.29 is 9.59 Å². The summed E-state index contributed by atoms with van der Waals surface area (Å²) >= 11 is 0. The number of hydrogen-bond donors (Lipinski definition) is 4. The minimum Gasteiger partial charge on any atom is -0.366 e. The largest absolute Gasteiger partial charge is 0.366 e. The zero-order chi connectivity index (χ0) is 18.5. The number of primary amides is 2. The normalized spacial score (nSPS) is 9.78. The maximum Gasteiger partial charge on any atom is 0.250 e. The van der Waals surface area contributed by atoms with E-state index in [-0.39, 0.29) is 12.4 Å². The summed E-state index contributed by atoms with van der Waals surface area (Å²) in [4.78, 5) is 31.1. The van der Waals surface area contributed by atoms with Crippen LogP contribution in [-0.2, 0) is 0 Å². The Morgan fingerprint density at radius 3 is 2.22 bits per heavy atom. The number of nitrogens with one attached hydrogen (secondary N) is 2. The maximum atomic E-state index is 11.5. The van der Waals surface area contributed by atoms with E-state index in [9.17, 15) is 9.59 Å². The van der Waals surface area contributed by atoms with Crippen LogP contribution in [0.1, 0.15) is 20.7 Å². The molecule has 3 rings (SSSR count). The fourth-order valence-corrected chi connectivity index (χ4v) is 2.28. The fraction of sp³-hybridized carbons (Fsp3) is 0. The van der Waals surface area contributed by atoms with Crippen molar-refractivity contribution in [1.29, 1.82) is 0 Å². The molecule has 0 aliphatic carbocycles. The first-order valence-corrected chi connectivity index (χ1v) is 7.69. The average Bonchev–Trinajstić information content (AvgIpc) is 2.63. The Morgan fingerprint density at radius 1 is 0.852 bits per heavy atom. The molecule has 9 heteroatoms. The first-order chi connectivity index (χ1) is 12.5. The third kappa shape index (κ3) is 4.93. The van der Waals surface area contributed by atoms with Gasteiger partial charge in [0.05, 0.1) is 11.3 Å². The van der Waals surface area contributed by atoms with Crippen molar-refractivity contribution in [2.45, 2.75) is 0 Å². The van der Waals surface area contributed by atoms with E-state index in [4.69, 9.17) is 11.5 Å². The number of amides is 2. The molecule has 0 saturated heterocycles. The van der Waals surface area contributed by atoms with Crippen molar-refractivity contribution in [2.24, 2.45) is 11.5 Å². The molecule has 0 radical (unpaired) electrons. The summed E-state index contributed by atoms with van der Waals surface area (Å²) in [5, 5.41) is 6.08. The number of nitrogens with two attached hydrogens (primary N) is 2. The molecule has 6 N–H and O–H groups in total. The van der Waals surface area contributed by atoms with E-state index in [1.807, 2.05) is 0 Å². The Kier molecular flexibility index (Phi) is 6.29. The SMILES string of the molecule is Cl.NC(=O)c1ccc(Nc2nccc(Nc3ccccc3C(N)=O)n2)cc1. The zero-order valence-corrected chi connectivity index (χ0v) is 14.9. The van der Waals surface area contributed by atoms with E-state index < -0.39 is 11.8 Å². The van der Waals surface area contributed by atoms with E-state index in [1.165, 1.54) is 0 Å². The van der Waals surface area contributed by atoms with Gasteiger partial charge in [-0.2, -0.15) is 4.98 Å². The molecule has 0 atom stereocenters. The molecular formula is C18H17ClN6O2. The van der Waals surface area contributed by atoms with Gasteiger partial charge in [0.25, 0.3) is 5.91 Å². The predicted molar refractivity (Wildman–Crippen MR) is 106 cm³/mol. The lowest BCUT2D eigenvalue weighted by Gasteiger charge is -2.10. The number of rotatable bonds is 6. The number of hydrogen-bond acceptors (Lipinski definition) is 6. The lowest BCUT2D eigenvalue weighted by molar-refractivity contribution is 0.0992. The van der Waals surface area contributed by atoms with Gasteiger partial charge in [-0.1, -0.05) is 12.1 Å². The van der Waals surface area contributed by atoms with Gasteiger partial charge < -0.3 is 22.1 Å². The number of anilines is 4. The smallest absolute Gasteiger partial charge is 0.250 e. The van der Waals surface area contributed by atoms with E-state index in [0.29, 0.717) is 34.3 Å². The number of aromatic nitrogens is 2. The van der Waals surface area contributed by atoms with Crippen LogP contribution in [0.2, 0.25) is 0 Å². The molecule has 0 spiro atoms. The van der Waals surface area contributed by atoms with Gasteiger partial charge in [0, 0.05) is 17.4 Å². The Hall–Kier alpha value is -3.65. The van der Waals surface area contributed by atoms with Crippen LogP contribution in [0.4, 0.5) is 23.1 Å². The lowest BCUT2D eigenvalue weighted by atomic mass is 10.1. The molecule has 1 aromatic heterocycles.